The Labute approximate surface area is 255 Å². The third-order valence-corrected chi connectivity index (χ3v) is 8.31. The van der Waals surface area contributed by atoms with Crippen molar-refractivity contribution in [2.75, 3.05) is 18.1 Å². The summed E-state index contributed by atoms with van der Waals surface area (Å²) in [6, 6.07) is 44.3. The first-order chi connectivity index (χ1) is 21.1. The van der Waals surface area contributed by atoms with Gasteiger partial charge in [-0.2, -0.15) is 0 Å². The highest BCUT2D eigenvalue weighted by atomic mass is 16.6. The van der Waals surface area contributed by atoms with Crippen molar-refractivity contribution in [2.45, 2.75) is 38.9 Å². The van der Waals surface area contributed by atoms with Crippen LogP contribution in [-0.4, -0.2) is 25.4 Å². The minimum atomic E-state index is 0.384. The lowest BCUT2D eigenvalue weighted by molar-refractivity contribution is 0.407. The van der Waals surface area contributed by atoms with Gasteiger partial charge < -0.3 is 14.4 Å². The van der Waals surface area contributed by atoms with Gasteiger partial charge in [-0.1, -0.05) is 96.1 Å². The van der Waals surface area contributed by atoms with Crippen molar-refractivity contribution in [3.63, 3.8) is 0 Å². The van der Waals surface area contributed by atoms with Gasteiger partial charge in [-0.3, -0.25) is 0 Å². The Hall–Kier alpha value is -4.44. The zero-order valence-electron chi connectivity index (χ0n) is 24.9. The topological polar surface area (TPSA) is 28.3 Å². The number of hydrogen-bond donors (Lipinski definition) is 0. The fourth-order valence-electron chi connectivity index (χ4n) is 5.59. The van der Waals surface area contributed by atoms with E-state index in [1.54, 1.807) is 0 Å². The second kappa shape index (κ2) is 12.0. The van der Waals surface area contributed by atoms with Crippen molar-refractivity contribution in [2.24, 2.45) is 0 Å². The van der Waals surface area contributed by atoms with Gasteiger partial charge >= 0.3 is 0 Å². The molecule has 7 rings (SSSR count). The Kier molecular flexibility index (Phi) is 7.67. The molecule has 5 aromatic carbocycles. The highest BCUT2D eigenvalue weighted by molar-refractivity contribution is 5.92. The Bertz CT molecular complexity index is 1590. The largest absolute Gasteiger partial charge is 0.373 e. The van der Waals surface area contributed by atoms with Crippen molar-refractivity contribution in [1.29, 1.82) is 0 Å². The van der Waals surface area contributed by atoms with Crippen molar-refractivity contribution in [3.8, 4) is 0 Å². The maximum absolute atomic E-state index is 5.45. The fourth-order valence-corrected chi connectivity index (χ4v) is 5.59. The summed E-state index contributed by atoms with van der Waals surface area (Å²) >= 11 is 0. The van der Waals surface area contributed by atoms with Crippen LogP contribution in [0.3, 0.4) is 0 Å². The zero-order valence-corrected chi connectivity index (χ0v) is 24.9. The van der Waals surface area contributed by atoms with Gasteiger partial charge in [-0.05, 0) is 89.7 Å². The Morgan fingerprint density at radius 2 is 0.930 bits per heavy atom. The van der Waals surface area contributed by atoms with E-state index in [4.69, 9.17) is 9.47 Å². The molecule has 0 saturated carbocycles. The van der Waals surface area contributed by atoms with Gasteiger partial charge in [0, 0.05) is 29.9 Å². The zero-order chi connectivity index (χ0) is 29.2. The lowest BCUT2D eigenvalue weighted by atomic mass is 9.94. The molecule has 0 bridgehead atoms. The number of benzene rings is 5. The van der Waals surface area contributed by atoms with Gasteiger partial charge in [0.2, 0.25) is 0 Å². The van der Waals surface area contributed by atoms with Gasteiger partial charge in [0.15, 0.2) is 0 Å². The molecule has 3 heteroatoms. The molecular formula is C40H37NO2. The molecule has 2 heterocycles. The molecular weight excluding hydrogens is 526 g/mol. The maximum atomic E-state index is 5.45. The van der Waals surface area contributed by atoms with E-state index in [1.165, 1.54) is 44.5 Å². The van der Waals surface area contributed by atoms with Crippen LogP contribution in [0, 0.1) is 13.8 Å². The molecule has 2 unspecified atom stereocenters. The molecule has 0 N–H and O–H groups in total. The summed E-state index contributed by atoms with van der Waals surface area (Å²) in [4.78, 5) is 2.34. The first-order valence-electron chi connectivity index (χ1n) is 15.2. The van der Waals surface area contributed by atoms with Crippen LogP contribution in [0.15, 0.2) is 121 Å². The van der Waals surface area contributed by atoms with Crippen molar-refractivity contribution < 1.29 is 9.47 Å². The molecule has 214 valence electrons. The first kappa shape index (κ1) is 27.4. The standard InChI is InChI=1S/C40H37NO2/c1-28-3-13-33(14-4-28)40(34-15-5-29(2)6-16-34)25-32-11-21-37(22-12-32)41(35-17-7-30(8-18-35)23-38-26-42-38)36-19-9-31(10-20-36)24-39-27-43-39/h3-22,25,38-39H,23-24,26-27H2,1-2H3. The van der Waals surface area contributed by atoms with E-state index in [0.29, 0.717) is 12.2 Å². The van der Waals surface area contributed by atoms with E-state index in [0.717, 1.165) is 43.1 Å². The first-order valence-corrected chi connectivity index (χ1v) is 15.2. The van der Waals surface area contributed by atoms with Gasteiger partial charge in [0.1, 0.15) is 0 Å². The predicted molar refractivity (Wildman–Crippen MR) is 177 cm³/mol. The molecule has 0 aliphatic carbocycles. The predicted octanol–water partition coefficient (Wildman–Crippen LogP) is 9.24. The van der Waals surface area contributed by atoms with E-state index in [2.05, 4.69) is 146 Å². The number of aryl methyl sites for hydroxylation is 2. The van der Waals surface area contributed by atoms with E-state index < -0.39 is 0 Å². The number of rotatable bonds is 10. The molecule has 0 aromatic heterocycles. The smallest absolute Gasteiger partial charge is 0.0850 e. The van der Waals surface area contributed by atoms with Crippen LogP contribution in [0.25, 0.3) is 11.6 Å². The van der Waals surface area contributed by atoms with Gasteiger partial charge in [-0.25, -0.2) is 0 Å². The van der Waals surface area contributed by atoms with E-state index in [-0.39, 0.29) is 0 Å². The van der Waals surface area contributed by atoms with Crippen LogP contribution in [-0.2, 0) is 22.3 Å². The van der Waals surface area contributed by atoms with Gasteiger partial charge in [-0.15, -0.1) is 0 Å². The molecule has 3 nitrogen and oxygen atoms in total. The van der Waals surface area contributed by atoms with E-state index in [9.17, 15) is 0 Å². The van der Waals surface area contributed by atoms with Crippen LogP contribution < -0.4 is 4.90 Å². The summed E-state index contributed by atoms with van der Waals surface area (Å²) in [6.45, 7) is 6.02. The molecule has 2 saturated heterocycles. The molecule has 0 amide bonds. The molecule has 2 atom stereocenters. The lowest BCUT2D eigenvalue weighted by Crippen LogP contribution is -2.10. The van der Waals surface area contributed by atoms with Crippen LogP contribution >= 0.6 is 0 Å². The van der Waals surface area contributed by atoms with Crippen molar-refractivity contribution >= 4 is 28.7 Å². The monoisotopic (exact) mass is 563 g/mol. The van der Waals surface area contributed by atoms with Crippen molar-refractivity contribution in [1.82, 2.24) is 0 Å². The molecule has 2 aliphatic heterocycles. The normalized spacial score (nSPS) is 16.9. The number of nitrogens with zero attached hydrogens (tertiary/aromatic N) is 1. The third-order valence-electron chi connectivity index (χ3n) is 8.31. The summed E-state index contributed by atoms with van der Waals surface area (Å²) in [6.07, 6.45) is 5.02. The average Bonchev–Trinajstić information content (AvgIpc) is 3.98. The van der Waals surface area contributed by atoms with E-state index in [1.807, 2.05) is 0 Å². The number of epoxide rings is 2. The lowest BCUT2D eigenvalue weighted by Gasteiger charge is -2.26. The number of hydrogen-bond acceptors (Lipinski definition) is 3. The molecule has 2 aliphatic rings. The van der Waals surface area contributed by atoms with E-state index >= 15 is 0 Å². The average molecular weight is 564 g/mol. The Morgan fingerprint density at radius 3 is 1.30 bits per heavy atom. The maximum Gasteiger partial charge on any atom is 0.0850 e. The second-order valence-electron chi connectivity index (χ2n) is 11.9. The minimum absolute atomic E-state index is 0.384. The molecule has 2 fully saturated rings. The summed E-state index contributed by atoms with van der Waals surface area (Å²) < 4.78 is 10.9. The summed E-state index contributed by atoms with van der Waals surface area (Å²) in [5, 5.41) is 0. The highest BCUT2D eigenvalue weighted by Gasteiger charge is 2.24. The SMILES string of the molecule is Cc1ccc(C(=Cc2ccc(N(c3ccc(CC4CO4)cc3)c3ccc(CC4CO4)cc3)cc2)c2ccc(C)cc2)cc1. The highest BCUT2D eigenvalue weighted by Crippen LogP contribution is 2.36. The molecule has 43 heavy (non-hydrogen) atoms. The van der Waals surface area contributed by atoms with Crippen LogP contribution in [0.2, 0.25) is 0 Å². The van der Waals surface area contributed by atoms with Crippen LogP contribution in [0.1, 0.15) is 38.9 Å². The van der Waals surface area contributed by atoms with Crippen LogP contribution in [0.4, 0.5) is 17.1 Å². The minimum Gasteiger partial charge on any atom is -0.373 e. The molecule has 0 radical (unpaired) electrons. The van der Waals surface area contributed by atoms with Gasteiger partial charge in [0.25, 0.3) is 0 Å². The Balaban J connectivity index is 1.22. The van der Waals surface area contributed by atoms with Crippen LogP contribution in [0.5, 0.6) is 0 Å². The quantitative estimate of drug-likeness (QED) is 0.125. The molecule has 0 spiro atoms. The van der Waals surface area contributed by atoms with Crippen molar-refractivity contribution in [3.05, 3.63) is 160 Å². The summed E-state index contributed by atoms with van der Waals surface area (Å²) in [7, 11) is 0. The van der Waals surface area contributed by atoms with Gasteiger partial charge in [0.05, 0.1) is 25.4 Å². The number of ether oxygens (including phenoxy) is 2. The Morgan fingerprint density at radius 1 is 0.558 bits per heavy atom. The molecule has 5 aromatic rings. The summed E-state index contributed by atoms with van der Waals surface area (Å²) in [5.74, 6) is 0. The summed E-state index contributed by atoms with van der Waals surface area (Å²) in [5.41, 5.74) is 13.4. The fraction of sp³-hybridized carbons (Fsp3) is 0.200. The third kappa shape index (κ3) is 6.80. The second-order valence-corrected chi connectivity index (χ2v) is 11.9. The number of anilines is 3.